The average molecular weight is 383 g/mol. The molecule has 1 amide bonds. The van der Waals surface area contributed by atoms with Gasteiger partial charge in [-0.15, -0.1) is 0 Å². The van der Waals surface area contributed by atoms with Crippen LogP contribution in [0.2, 0.25) is 0 Å². The molecule has 1 fully saturated rings. The van der Waals surface area contributed by atoms with Gasteiger partial charge < -0.3 is 19.1 Å². The number of carbonyl (C=O) groups is 1. The van der Waals surface area contributed by atoms with E-state index >= 15 is 0 Å². The molecular formula is C23H29NO4. The highest BCUT2D eigenvalue weighted by molar-refractivity contribution is 5.84. The maximum absolute atomic E-state index is 13.3. The highest BCUT2D eigenvalue weighted by Gasteiger charge is 2.32. The number of hydrogen-bond donors (Lipinski definition) is 0. The number of benzene rings is 2. The second-order valence-corrected chi connectivity index (χ2v) is 7.37. The molecular weight excluding hydrogens is 354 g/mol. The Morgan fingerprint density at radius 3 is 2.46 bits per heavy atom. The average Bonchev–Trinajstić information content (AvgIpc) is 2.73. The summed E-state index contributed by atoms with van der Waals surface area (Å²) in [6.07, 6.45) is -0.161. The molecule has 0 bridgehead atoms. The van der Waals surface area contributed by atoms with Gasteiger partial charge in [0.25, 0.3) is 0 Å². The molecule has 2 aromatic rings. The Hall–Kier alpha value is -2.53. The quantitative estimate of drug-likeness (QED) is 0.731. The van der Waals surface area contributed by atoms with E-state index in [1.807, 2.05) is 59.5 Å². The molecule has 0 radical (unpaired) electrons. The van der Waals surface area contributed by atoms with Crippen LogP contribution in [0.25, 0.3) is 0 Å². The Morgan fingerprint density at radius 2 is 1.79 bits per heavy atom. The van der Waals surface area contributed by atoms with E-state index in [2.05, 4.69) is 13.8 Å². The zero-order valence-electron chi connectivity index (χ0n) is 16.8. The first-order valence-electron chi connectivity index (χ1n) is 9.81. The second kappa shape index (κ2) is 9.60. The molecule has 0 saturated carbocycles. The van der Waals surface area contributed by atoms with E-state index in [0.29, 0.717) is 37.8 Å². The van der Waals surface area contributed by atoms with Gasteiger partial charge >= 0.3 is 0 Å². The van der Waals surface area contributed by atoms with Crippen molar-refractivity contribution in [3.63, 3.8) is 0 Å². The summed E-state index contributed by atoms with van der Waals surface area (Å²) >= 11 is 0. The van der Waals surface area contributed by atoms with Gasteiger partial charge in [0.1, 0.15) is 12.7 Å². The molecule has 2 aromatic carbocycles. The molecule has 0 aliphatic carbocycles. The van der Waals surface area contributed by atoms with Gasteiger partial charge in [-0.1, -0.05) is 56.3 Å². The largest absolute Gasteiger partial charge is 0.493 e. The van der Waals surface area contributed by atoms with E-state index in [-0.39, 0.29) is 23.8 Å². The van der Waals surface area contributed by atoms with E-state index in [9.17, 15) is 4.79 Å². The van der Waals surface area contributed by atoms with Crippen molar-refractivity contribution < 1.29 is 19.0 Å². The molecule has 2 atom stereocenters. The fourth-order valence-electron chi connectivity index (χ4n) is 3.61. The first kappa shape index (κ1) is 20.2. The molecule has 3 rings (SSSR count). The molecule has 1 aliphatic heterocycles. The molecule has 1 heterocycles. The van der Waals surface area contributed by atoms with Crippen LogP contribution in [0.5, 0.6) is 11.5 Å². The van der Waals surface area contributed by atoms with E-state index in [1.165, 1.54) is 0 Å². The highest BCUT2D eigenvalue weighted by atomic mass is 16.5. The number of amides is 1. The molecule has 0 spiro atoms. The number of ether oxygens (including phenoxy) is 3. The fourth-order valence-corrected chi connectivity index (χ4v) is 3.61. The summed E-state index contributed by atoms with van der Waals surface area (Å²) < 4.78 is 17.1. The molecule has 5 nitrogen and oxygen atoms in total. The lowest BCUT2D eigenvalue weighted by Crippen LogP contribution is -2.49. The van der Waals surface area contributed by atoms with Crippen LogP contribution < -0.4 is 9.47 Å². The summed E-state index contributed by atoms with van der Waals surface area (Å²) in [6, 6.07) is 17.6. The van der Waals surface area contributed by atoms with E-state index in [1.54, 1.807) is 7.11 Å². The predicted molar refractivity (Wildman–Crippen MR) is 109 cm³/mol. The van der Waals surface area contributed by atoms with Crippen molar-refractivity contribution in [3.8, 4) is 11.5 Å². The zero-order chi connectivity index (χ0) is 19.9. The van der Waals surface area contributed by atoms with Gasteiger partial charge in [-0.3, -0.25) is 4.79 Å². The van der Waals surface area contributed by atoms with Crippen molar-refractivity contribution in [2.24, 2.45) is 5.92 Å². The van der Waals surface area contributed by atoms with Gasteiger partial charge in [0, 0.05) is 6.54 Å². The molecule has 0 N–H and O–H groups in total. The zero-order valence-corrected chi connectivity index (χ0v) is 16.8. The standard InChI is InChI=1S/C23H29NO4/c1-17(2)22(18-9-5-4-6-10-18)23(25)24-13-14-27-19(15-24)16-28-21-12-8-7-11-20(21)26-3/h4-12,17,19,22H,13-16H2,1-3H3. The van der Waals surface area contributed by atoms with Crippen molar-refractivity contribution in [1.29, 1.82) is 0 Å². The summed E-state index contributed by atoms with van der Waals surface area (Å²) in [5.74, 6) is 1.61. The first-order valence-corrected chi connectivity index (χ1v) is 9.81. The lowest BCUT2D eigenvalue weighted by atomic mass is 9.87. The third-order valence-electron chi connectivity index (χ3n) is 5.04. The fraction of sp³-hybridized carbons (Fsp3) is 0.435. The molecule has 5 heteroatoms. The second-order valence-electron chi connectivity index (χ2n) is 7.37. The van der Waals surface area contributed by atoms with Crippen LogP contribution in [0.15, 0.2) is 54.6 Å². The molecule has 1 aliphatic rings. The van der Waals surface area contributed by atoms with E-state index in [4.69, 9.17) is 14.2 Å². The number of nitrogens with zero attached hydrogens (tertiary/aromatic N) is 1. The van der Waals surface area contributed by atoms with Gasteiger partial charge in [0.15, 0.2) is 11.5 Å². The number of carbonyl (C=O) groups excluding carboxylic acids is 1. The topological polar surface area (TPSA) is 48.0 Å². The maximum Gasteiger partial charge on any atom is 0.230 e. The minimum Gasteiger partial charge on any atom is -0.493 e. The Balaban J connectivity index is 1.64. The molecule has 1 saturated heterocycles. The summed E-state index contributed by atoms with van der Waals surface area (Å²) in [4.78, 5) is 15.2. The number of hydrogen-bond acceptors (Lipinski definition) is 4. The van der Waals surface area contributed by atoms with Gasteiger partial charge in [0.05, 0.1) is 26.2 Å². The first-order chi connectivity index (χ1) is 13.6. The Bertz CT molecular complexity index is 762. The van der Waals surface area contributed by atoms with Gasteiger partial charge in [-0.2, -0.15) is 0 Å². The van der Waals surface area contributed by atoms with E-state index in [0.717, 1.165) is 5.56 Å². The van der Waals surface area contributed by atoms with Crippen LogP contribution >= 0.6 is 0 Å². The lowest BCUT2D eigenvalue weighted by Gasteiger charge is -2.36. The number of rotatable bonds is 7. The maximum atomic E-state index is 13.3. The van der Waals surface area contributed by atoms with Crippen LogP contribution in [0.4, 0.5) is 0 Å². The van der Waals surface area contributed by atoms with Crippen molar-refractivity contribution in [2.75, 3.05) is 33.4 Å². The monoisotopic (exact) mass is 383 g/mol. The number of para-hydroxylation sites is 2. The van der Waals surface area contributed by atoms with Crippen molar-refractivity contribution in [2.45, 2.75) is 25.9 Å². The molecule has 2 unspecified atom stereocenters. The van der Waals surface area contributed by atoms with Crippen LogP contribution in [-0.2, 0) is 9.53 Å². The van der Waals surface area contributed by atoms with Gasteiger partial charge in [-0.05, 0) is 23.6 Å². The van der Waals surface area contributed by atoms with Gasteiger partial charge in [-0.25, -0.2) is 0 Å². The molecule has 150 valence electrons. The van der Waals surface area contributed by atoms with E-state index < -0.39 is 0 Å². The van der Waals surface area contributed by atoms with Crippen LogP contribution in [-0.4, -0.2) is 50.3 Å². The third-order valence-corrected chi connectivity index (χ3v) is 5.04. The van der Waals surface area contributed by atoms with Crippen LogP contribution in [0.1, 0.15) is 25.3 Å². The summed E-state index contributed by atoms with van der Waals surface area (Å²) in [7, 11) is 1.62. The SMILES string of the molecule is COc1ccccc1OCC1CN(C(=O)C(c2ccccc2)C(C)C)CCO1. The third kappa shape index (κ3) is 4.84. The molecule has 28 heavy (non-hydrogen) atoms. The van der Waals surface area contributed by atoms with Crippen LogP contribution in [0, 0.1) is 5.92 Å². The minimum absolute atomic E-state index is 0.143. The normalized spacial score (nSPS) is 18.0. The van der Waals surface area contributed by atoms with Crippen LogP contribution in [0.3, 0.4) is 0 Å². The Labute approximate surface area is 167 Å². The highest BCUT2D eigenvalue weighted by Crippen LogP contribution is 2.28. The molecule has 0 aromatic heterocycles. The lowest BCUT2D eigenvalue weighted by molar-refractivity contribution is -0.142. The van der Waals surface area contributed by atoms with Gasteiger partial charge in [0.2, 0.25) is 5.91 Å². The summed E-state index contributed by atoms with van der Waals surface area (Å²) in [5.41, 5.74) is 1.07. The number of morpholine rings is 1. The smallest absolute Gasteiger partial charge is 0.230 e. The predicted octanol–water partition coefficient (Wildman–Crippen LogP) is 3.74. The van der Waals surface area contributed by atoms with Crippen molar-refractivity contribution in [3.05, 3.63) is 60.2 Å². The minimum atomic E-state index is -0.161. The number of methoxy groups -OCH3 is 1. The van der Waals surface area contributed by atoms with Crippen molar-refractivity contribution >= 4 is 5.91 Å². The summed E-state index contributed by atoms with van der Waals surface area (Å²) in [6.45, 7) is 6.23. The van der Waals surface area contributed by atoms with Crippen molar-refractivity contribution in [1.82, 2.24) is 4.90 Å². The Morgan fingerprint density at radius 1 is 1.11 bits per heavy atom. The Kier molecular flexibility index (Phi) is 6.93. The summed E-state index contributed by atoms with van der Waals surface area (Å²) in [5, 5.41) is 0.